The van der Waals surface area contributed by atoms with Gasteiger partial charge in [0.1, 0.15) is 0 Å². The number of aromatic nitrogens is 1. The van der Waals surface area contributed by atoms with E-state index in [1.807, 2.05) is 40.1 Å². The highest BCUT2D eigenvalue weighted by Gasteiger charge is 2.33. The molecule has 234 valence electrons. The van der Waals surface area contributed by atoms with Crippen LogP contribution < -0.4 is 10.9 Å². The third kappa shape index (κ3) is 8.15. The fourth-order valence-electron chi connectivity index (χ4n) is 7.31. The lowest BCUT2D eigenvalue weighted by Crippen LogP contribution is -2.47. The van der Waals surface area contributed by atoms with Gasteiger partial charge in [-0.1, -0.05) is 82.2 Å². The van der Waals surface area contributed by atoms with Crippen LogP contribution in [0, 0.1) is 11.8 Å². The van der Waals surface area contributed by atoms with Crippen LogP contribution in [0.4, 0.5) is 0 Å². The Morgan fingerprint density at radius 2 is 1.65 bits per heavy atom. The zero-order chi connectivity index (χ0) is 30.2. The Labute approximate surface area is 256 Å². The molecule has 2 aliphatic heterocycles. The first-order valence-corrected chi connectivity index (χ1v) is 16.6. The van der Waals surface area contributed by atoms with Gasteiger partial charge in [-0.15, -0.1) is 0 Å². The normalized spacial score (nSPS) is 23.2. The van der Waals surface area contributed by atoms with Crippen LogP contribution in [0.3, 0.4) is 0 Å². The molecule has 1 aromatic heterocycles. The van der Waals surface area contributed by atoms with E-state index in [0.717, 1.165) is 50.9 Å². The van der Waals surface area contributed by atoms with E-state index in [4.69, 9.17) is 0 Å². The van der Waals surface area contributed by atoms with Crippen molar-refractivity contribution in [2.75, 3.05) is 39.3 Å². The SMILES string of the molecule is C[C@H](CC1CCCCC1)C(=O)N1CCCCC[C@](O)(Cn2cc(C(=O)N3CCNCC3)c(-c3ccccc3)cc2=O)CC1. The number of nitrogens with zero attached hydrogens (tertiary/aromatic N) is 3. The van der Waals surface area contributed by atoms with Crippen LogP contribution >= 0.6 is 0 Å². The first kappa shape index (κ1) is 31.5. The third-order valence-electron chi connectivity index (χ3n) is 9.87. The summed E-state index contributed by atoms with van der Waals surface area (Å²) < 4.78 is 1.53. The van der Waals surface area contributed by atoms with Crippen LogP contribution in [-0.2, 0) is 11.3 Å². The maximum absolute atomic E-state index is 13.8. The molecule has 0 spiro atoms. The summed E-state index contributed by atoms with van der Waals surface area (Å²) in [4.78, 5) is 44.6. The van der Waals surface area contributed by atoms with Crippen molar-refractivity contribution in [3.63, 3.8) is 0 Å². The molecule has 8 heteroatoms. The first-order chi connectivity index (χ1) is 20.8. The molecular weight excluding hydrogens is 540 g/mol. The van der Waals surface area contributed by atoms with Crippen LogP contribution in [0.2, 0.25) is 0 Å². The van der Waals surface area contributed by atoms with Gasteiger partial charge in [-0.05, 0) is 37.2 Å². The zero-order valence-electron chi connectivity index (χ0n) is 25.9. The van der Waals surface area contributed by atoms with E-state index < -0.39 is 5.60 Å². The lowest BCUT2D eigenvalue weighted by atomic mass is 9.83. The summed E-state index contributed by atoms with van der Waals surface area (Å²) in [5, 5.41) is 15.2. The number of piperazine rings is 1. The predicted molar refractivity (Wildman–Crippen MR) is 170 cm³/mol. The van der Waals surface area contributed by atoms with E-state index >= 15 is 0 Å². The van der Waals surface area contributed by atoms with Gasteiger partial charge in [0.15, 0.2) is 0 Å². The van der Waals surface area contributed by atoms with Crippen LogP contribution in [0.15, 0.2) is 47.4 Å². The Kier molecular flexibility index (Phi) is 10.7. The zero-order valence-corrected chi connectivity index (χ0v) is 25.9. The van der Waals surface area contributed by atoms with E-state index in [1.165, 1.54) is 36.7 Å². The van der Waals surface area contributed by atoms with E-state index in [1.54, 1.807) is 12.3 Å². The maximum Gasteiger partial charge on any atom is 0.256 e. The molecule has 2 saturated heterocycles. The molecule has 0 radical (unpaired) electrons. The first-order valence-electron chi connectivity index (χ1n) is 16.6. The second kappa shape index (κ2) is 14.7. The number of carbonyl (C=O) groups is 2. The van der Waals surface area contributed by atoms with Crippen molar-refractivity contribution in [1.29, 1.82) is 0 Å². The largest absolute Gasteiger partial charge is 0.388 e. The molecule has 2 amide bonds. The van der Waals surface area contributed by atoms with Crippen molar-refractivity contribution in [2.45, 2.75) is 89.7 Å². The molecule has 1 saturated carbocycles. The van der Waals surface area contributed by atoms with E-state index in [0.29, 0.717) is 49.5 Å². The monoisotopic (exact) mass is 590 g/mol. The number of rotatable bonds is 7. The number of hydrogen-bond acceptors (Lipinski definition) is 5. The topological polar surface area (TPSA) is 94.9 Å². The second-order valence-electron chi connectivity index (χ2n) is 13.2. The van der Waals surface area contributed by atoms with E-state index in [9.17, 15) is 19.5 Å². The van der Waals surface area contributed by atoms with Crippen molar-refractivity contribution < 1.29 is 14.7 Å². The molecule has 2 N–H and O–H groups in total. The number of carbonyl (C=O) groups excluding carboxylic acids is 2. The average molecular weight is 591 g/mol. The Bertz CT molecular complexity index is 1280. The maximum atomic E-state index is 13.8. The fourth-order valence-corrected chi connectivity index (χ4v) is 7.31. The lowest BCUT2D eigenvalue weighted by molar-refractivity contribution is -0.136. The van der Waals surface area contributed by atoms with Crippen LogP contribution in [0.1, 0.15) is 87.9 Å². The standard InChI is InChI=1S/C35H50N4O4/c1-27(23-28-11-5-2-6-12-28)33(41)37-19-10-4-9-15-35(43,16-20-37)26-39-25-31(34(42)38-21-17-36-18-22-38)30(24-32(39)40)29-13-7-3-8-14-29/h3,7-8,13-14,24-25,27-28,36,43H,2,4-6,9-12,15-23,26H2,1H3/t27-,35-/m1/s1. The fraction of sp³-hybridized carbons (Fsp3) is 0.629. The summed E-state index contributed by atoms with van der Waals surface area (Å²) in [6.45, 7) is 6.06. The molecule has 1 aromatic carbocycles. The number of benzene rings is 1. The second-order valence-corrected chi connectivity index (χ2v) is 13.2. The van der Waals surface area contributed by atoms with Crippen molar-refractivity contribution in [1.82, 2.24) is 19.7 Å². The van der Waals surface area contributed by atoms with E-state index in [2.05, 4.69) is 12.2 Å². The van der Waals surface area contributed by atoms with Gasteiger partial charge in [-0.3, -0.25) is 14.4 Å². The minimum atomic E-state index is -1.15. The van der Waals surface area contributed by atoms with E-state index in [-0.39, 0.29) is 29.8 Å². The van der Waals surface area contributed by atoms with Gasteiger partial charge in [0, 0.05) is 63.0 Å². The molecule has 3 fully saturated rings. The molecule has 0 unspecified atom stereocenters. The molecule has 0 bridgehead atoms. The molecule has 3 heterocycles. The molecule has 5 rings (SSSR count). The quantitative estimate of drug-likeness (QED) is 0.488. The summed E-state index contributed by atoms with van der Waals surface area (Å²) >= 11 is 0. The Hall–Kier alpha value is -2.97. The van der Waals surface area contributed by atoms with Crippen molar-refractivity contribution in [3.8, 4) is 11.1 Å². The summed E-state index contributed by atoms with van der Waals surface area (Å²) in [6, 6.07) is 11.1. The van der Waals surface area contributed by atoms with Crippen molar-refractivity contribution in [2.24, 2.45) is 11.8 Å². The number of pyridine rings is 1. The van der Waals surface area contributed by atoms with Crippen molar-refractivity contribution in [3.05, 3.63) is 58.5 Å². The average Bonchev–Trinajstić information content (AvgIpc) is 3.13. The molecule has 8 nitrogen and oxygen atoms in total. The number of aliphatic hydroxyl groups is 1. The smallest absolute Gasteiger partial charge is 0.256 e. The van der Waals surface area contributed by atoms with Gasteiger partial charge in [0.25, 0.3) is 11.5 Å². The summed E-state index contributed by atoms with van der Waals surface area (Å²) in [7, 11) is 0. The molecule has 1 aliphatic carbocycles. The highest BCUT2D eigenvalue weighted by Crippen LogP contribution is 2.31. The molecule has 43 heavy (non-hydrogen) atoms. The Morgan fingerprint density at radius 3 is 2.40 bits per heavy atom. The number of nitrogens with one attached hydrogen (secondary N) is 1. The predicted octanol–water partition coefficient (Wildman–Crippen LogP) is 4.69. The Balaban J connectivity index is 1.35. The molecule has 2 aromatic rings. The summed E-state index contributed by atoms with van der Waals surface area (Å²) in [5.41, 5.74) is 0.535. The van der Waals surface area contributed by atoms with Gasteiger partial charge in [-0.25, -0.2) is 0 Å². The van der Waals surface area contributed by atoms with Crippen LogP contribution in [0.25, 0.3) is 11.1 Å². The summed E-state index contributed by atoms with van der Waals surface area (Å²) in [5.74, 6) is 0.733. The minimum Gasteiger partial charge on any atom is -0.388 e. The van der Waals surface area contributed by atoms with Crippen LogP contribution in [0.5, 0.6) is 0 Å². The Morgan fingerprint density at radius 1 is 0.930 bits per heavy atom. The summed E-state index contributed by atoms with van der Waals surface area (Å²) in [6.07, 6.45) is 12.6. The van der Waals surface area contributed by atoms with Crippen molar-refractivity contribution >= 4 is 11.8 Å². The number of hydrogen-bond donors (Lipinski definition) is 2. The highest BCUT2D eigenvalue weighted by atomic mass is 16.3. The third-order valence-corrected chi connectivity index (χ3v) is 9.87. The highest BCUT2D eigenvalue weighted by molar-refractivity contribution is 6.00. The van der Waals surface area contributed by atoms with Crippen LogP contribution in [-0.4, -0.2) is 76.2 Å². The number of amides is 2. The lowest BCUT2D eigenvalue weighted by Gasteiger charge is -2.33. The minimum absolute atomic E-state index is 0.0105. The van der Waals surface area contributed by atoms with Gasteiger partial charge in [0.05, 0.1) is 17.7 Å². The molecule has 2 atom stereocenters. The van der Waals surface area contributed by atoms with Gasteiger partial charge >= 0.3 is 0 Å². The van der Waals surface area contributed by atoms with Gasteiger partial charge < -0.3 is 24.8 Å². The molecule has 3 aliphatic rings. The van der Waals surface area contributed by atoms with Gasteiger partial charge in [0.2, 0.25) is 5.91 Å². The molecular formula is C35H50N4O4. The van der Waals surface area contributed by atoms with Gasteiger partial charge in [-0.2, -0.15) is 0 Å².